The van der Waals surface area contributed by atoms with Gasteiger partial charge in [-0.25, -0.2) is 0 Å². The number of carbonyl (C=O) groups is 2. The highest BCUT2D eigenvalue weighted by Gasteiger charge is 2.23. The van der Waals surface area contributed by atoms with Crippen molar-refractivity contribution in [3.05, 3.63) is 72.8 Å². The lowest BCUT2D eigenvalue weighted by Crippen LogP contribution is -2.45. The molecule has 0 aliphatic carbocycles. The monoisotopic (exact) mass is 825 g/mol. The highest BCUT2D eigenvalue weighted by atomic mass is 16.5. The summed E-state index contributed by atoms with van der Waals surface area (Å²) in [5.41, 5.74) is 26.2. The zero-order valence-electron chi connectivity index (χ0n) is 36.9. The van der Waals surface area contributed by atoms with Crippen LogP contribution in [0.25, 0.3) is 32.7 Å². The number of rotatable bonds is 31. The normalized spacial score (nSPS) is 12.4. The molecule has 8 N–H and O–H groups in total. The van der Waals surface area contributed by atoms with Crippen molar-refractivity contribution < 1.29 is 19.1 Å². The fraction of sp³-hybridized carbons (Fsp3) is 0.560. The fourth-order valence-corrected chi connectivity index (χ4v) is 7.99. The van der Waals surface area contributed by atoms with E-state index in [4.69, 9.17) is 32.4 Å². The minimum absolute atomic E-state index is 0.0156. The average molecular weight is 825 g/mol. The Hall–Kier alpha value is -4.22. The molecule has 0 aliphatic heterocycles. The number of hydrogen-bond acceptors (Lipinski definition) is 8. The third-order valence-corrected chi connectivity index (χ3v) is 11.5. The van der Waals surface area contributed by atoms with E-state index in [0.717, 1.165) is 121 Å². The molecular formula is C50H76N6O4. The lowest BCUT2D eigenvalue weighted by Gasteiger charge is -2.26. The van der Waals surface area contributed by atoms with Crippen molar-refractivity contribution in [2.45, 2.75) is 129 Å². The number of hydrogen-bond donors (Lipinski definition) is 4. The molecule has 60 heavy (non-hydrogen) atoms. The van der Waals surface area contributed by atoms with E-state index in [9.17, 15) is 9.59 Å². The molecule has 2 amide bonds. The molecule has 4 aromatic carbocycles. The maximum absolute atomic E-state index is 13.5. The van der Waals surface area contributed by atoms with E-state index in [1.165, 1.54) is 0 Å². The highest BCUT2D eigenvalue weighted by molar-refractivity contribution is 6.09. The predicted molar refractivity (Wildman–Crippen MR) is 250 cm³/mol. The van der Waals surface area contributed by atoms with E-state index in [-0.39, 0.29) is 11.8 Å². The summed E-state index contributed by atoms with van der Waals surface area (Å²) in [4.78, 5) is 30.9. The van der Waals surface area contributed by atoms with Crippen LogP contribution in [0.3, 0.4) is 0 Å². The van der Waals surface area contributed by atoms with Crippen LogP contribution in [0.5, 0.6) is 11.5 Å². The number of benzene rings is 4. The fourth-order valence-electron chi connectivity index (χ4n) is 7.99. The molecule has 0 aromatic heterocycles. The van der Waals surface area contributed by atoms with Gasteiger partial charge in [-0.2, -0.15) is 0 Å². The molecule has 4 aromatic rings. The molecule has 0 saturated carbocycles. The Balaban J connectivity index is 1.56. The first-order chi connectivity index (χ1) is 29.3. The minimum Gasteiger partial charge on any atom is -0.493 e. The van der Waals surface area contributed by atoms with Crippen LogP contribution in [0.15, 0.2) is 72.8 Å². The van der Waals surface area contributed by atoms with Crippen LogP contribution in [0, 0.1) is 0 Å². The zero-order valence-corrected chi connectivity index (χ0v) is 36.9. The summed E-state index contributed by atoms with van der Waals surface area (Å²) in [5.74, 6) is 1.56. The van der Waals surface area contributed by atoms with Crippen molar-refractivity contribution in [1.82, 2.24) is 9.80 Å². The number of fused-ring (bicyclic) bond motifs is 2. The van der Waals surface area contributed by atoms with E-state index < -0.39 is 12.1 Å². The molecule has 0 fully saturated rings. The molecule has 0 heterocycles. The van der Waals surface area contributed by atoms with Crippen molar-refractivity contribution in [2.24, 2.45) is 22.9 Å². The van der Waals surface area contributed by atoms with E-state index in [1.807, 2.05) is 9.80 Å². The Morgan fingerprint density at radius 3 is 1.30 bits per heavy atom. The number of nitrogens with two attached hydrogens (primary N) is 4. The molecule has 0 unspecified atom stereocenters. The lowest BCUT2D eigenvalue weighted by atomic mass is 9.92. The second kappa shape index (κ2) is 27.6. The van der Waals surface area contributed by atoms with E-state index in [1.54, 1.807) is 0 Å². The maximum atomic E-state index is 13.5. The smallest absolute Gasteiger partial charge is 0.239 e. The molecule has 0 radical (unpaired) electrons. The quantitative estimate of drug-likeness (QED) is 0.0366. The second-order valence-electron chi connectivity index (χ2n) is 16.3. The van der Waals surface area contributed by atoms with Crippen LogP contribution >= 0.6 is 0 Å². The largest absolute Gasteiger partial charge is 0.493 e. The highest BCUT2D eigenvalue weighted by Crippen LogP contribution is 2.45. The van der Waals surface area contributed by atoms with Gasteiger partial charge in [0.15, 0.2) is 0 Å². The molecule has 0 saturated heterocycles. The molecule has 4 rings (SSSR count). The van der Waals surface area contributed by atoms with E-state index >= 15 is 0 Å². The Kier molecular flexibility index (Phi) is 22.3. The third-order valence-electron chi connectivity index (χ3n) is 11.5. The van der Waals surface area contributed by atoms with Gasteiger partial charge in [0.2, 0.25) is 11.8 Å². The number of unbranched alkanes of at least 4 members (excludes halogenated alkanes) is 8. The van der Waals surface area contributed by atoms with Crippen molar-refractivity contribution in [2.75, 3.05) is 52.5 Å². The molecular weight excluding hydrogens is 749 g/mol. The molecule has 0 spiro atoms. The summed E-state index contributed by atoms with van der Waals surface area (Å²) in [7, 11) is 0. The first-order valence-corrected chi connectivity index (χ1v) is 23.1. The summed E-state index contributed by atoms with van der Waals surface area (Å²) in [5, 5.41) is 4.34. The van der Waals surface area contributed by atoms with Gasteiger partial charge < -0.3 is 42.2 Å². The predicted octanol–water partition coefficient (Wildman–Crippen LogP) is 8.93. The molecule has 10 nitrogen and oxygen atoms in total. The SMILES string of the molecule is CCCCCCN(CCCOc1ccc2ccccc2c1-c1c(OCCCN(CCCCCC)C(=O)[C@@H](N)CCCCN)ccc2ccccc12)C(=O)[C@@H](N)CCCCN. The van der Waals surface area contributed by atoms with Crippen molar-refractivity contribution in [3.8, 4) is 22.6 Å². The number of ether oxygens (including phenoxy) is 2. The van der Waals surface area contributed by atoms with Gasteiger partial charge in [0.25, 0.3) is 0 Å². The average Bonchev–Trinajstić information content (AvgIpc) is 3.27. The molecule has 0 bridgehead atoms. The summed E-state index contributed by atoms with van der Waals surface area (Å²) >= 11 is 0. The molecule has 330 valence electrons. The second-order valence-corrected chi connectivity index (χ2v) is 16.3. The van der Waals surface area contributed by atoms with E-state index in [2.05, 4.69) is 86.6 Å². The van der Waals surface area contributed by atoms with Crippen molar-refractivity contribution in [1.29, 1.82) is 0 Å². The first-order valence-electron chi connectivity index (χ1n) is 23.1. The van der Waals surface area contributed by atoms with Crippen LogP contribution in [0.4, 0.5) is 0 Å². The zero-order chi connectivity index (χ0) is 43.0. The van der Waals surface area contributed by atoms with Crippen molar-refractivity contribution >= 4 is 33.4 Å². The first kappa shape index (κ1) is 48.4. The van der Waals surface area contributed by atoms with E-state index in [0.29, 0.717) is 78.2 Å². The number of amides is 2. The number of nitrogens with zero attached hydrogens (tertiary/aromatic N) is 2. The maximum Gasteiger partial charge on any atom is 0.239 e. The minimum atomic E-state index is -0.515. The summed E-state index contributed by atoms with van der Waals surface area (Å²) < 4.78 is 13.4. The van der Waals surface area contributed by atoms with Gasteiger partial charge in [-0.1, -0.05) is 126 Å². The Morgan fingerprint density at radius 1 is 0.500 bits per heavy atom. The van der Waals surface area contributed by atoms with Gasteiger partial charge in [-0.05, 0) is 98.1 Å². The van der Waals surface area contributed by atoms with Gasteiger partial charge in [-0.15, -0.1) is 0 Å². The van der Waals surface area contributed by atoms with Crippen molar-refractivity contribution in [3.63, 3.8) is 0 Å². The topological polar surface area (TPSA) is 163 Å². The van der Waals surface area contributed by atoms with Crippen LogP contribution in [-0.4, -0.2) is 86.2 Å². The third kappa shape index (κ3) is 15.0. The summed E-state index contributed by atoms with van der Waals surface area (Å²) in [6.45, 7) is 9.04. The van der Waals surface area contributed by atoms with Crippen LogP contribution < -0.4 is 32.4 Å². The standard InChI is InChI=1S/C50H76N6O4/c1-3-5-7-17-33-55(49(57)43(53)25-13-15-31-51)35-19-37-59-45-29-27-39-21-9-11-23-41(39)47(45)48-42-24-12-10-22-40(42)28-30-46(48)60-38-20-36-56(34-18-8-6-4-2)50(58)44(54)26-14-16-32-52/h9-12,21-24,27-30,43-44H,3-8,13-20,25-26,31-38,51-54H2,1-2H3/t43-,44-/m0/s1. The number of carbonyl (C=O) groups excluding carboxylic acids is 2. The van der Waals surface area contributed by atoms with Crippen LogP contribution in [0.2, 0.25) is 0 Å². The Labute approximate surface area is 360 Å². The molecule has 10 heteroatoms. The van der Waals surface area contributed by atoms with Gasteiger partial charge in [0.1, 0.15) is 11.5 Å². The van der Waals surface area contributed by atoms with Gasteiger partial charge >= 0.3 is 0 Å². The molecule has 0 aliphatic rings. The van der Waals surface area contributed by atoms with Gasteiger partial charge in [-0.3, -0.25) is 9.59 Å². The van der Waals surface area contributed by atoms with Gasteiger partial charge in [0, 0.05) is 37.3 Å². The lowest BCUT2D eigenvalue weighted by molar-refractivity contribution is -0.133. The summed E-state index contributed by atoms with van der Waals surface area (Å²) in [6.07, 6.45) is 14.8. The van der Waals surface area contributed by atoms with Crippen LogP contribution in [-0.2, 0) is 9.59 Å². The Bertz CT molecular complexity index is 1720. The Morgan fingerprint density at radius 2 is 0.900 bits per heavy atom. The molecule has 2 atom stereocenters. The van der Waals surface area contributed by atoms with Crippen LogP contribution in [0.1, 0.15) is 117 Å². The summed E-state index contributed by atoms with van der Waals surface area (Å²) in [6, 6.07) is 24.1. The van der Waals surface area contributed by atoms with Gasteiger partial charge in [0.05, 0.1) is 25.3 Å².